The molecule has 0 radical (unpaired) electrons. The molecule has 0 aliphatic heterocycles. The zero-order valence-corrected chi connectivity index (χ0v) is 8.60. The molecule has 0 heterocycles. The summed E-state index contributed by atoms with van der Waals surface area (Å²) in [6.07, 6.45) is 1.37. The van der Waals surface area contributed by atoms with Crippen molar-refractivity contribution in [2.45, 2.75) is 31.8 Å². The van der Waals surface area contributed by atoms with Crippen molar-refractivity contribution in [3.05, 3.63) is 35.9 Å². The number of carboxylic acid groups (broad SMARTS) is 1. The lowest BCUT2D eigenvalue weighted by molar-refractivity contribution is -0.139. The lowest BCUT2D eigenvalue weighted by Crippen LogP contribution is -2.12. The molecule has 0 aliphatic rings. The van der Waals surface area contributed by atoms with E-state index < -0.39 is 12.1 Å². The van der Waals surface area contributed by atoms with Crippen LogP contribution in [0.5, 0.6) is 0 Å². The number of hydrogen-bond donors (Lipinski definition) is 2. The summed E-state index contributed by atoms with van der Waals surface area (Å²) in [6, 6.07) is 9.97. The molecule has 1 rings (SSSR count). The van der Waals surface area contributed by atoms with Gasteiger partial charge in [-0.15, -0.1) is 0 Å². The Hall–Kier alpha value is -1.35. The molecular formula is C12H16O3. The Morgan fingerprint density at radius 3 is 2.53 bits per heavy atom. The van der Waals surface area contributed by atoms with Crippen LogP contribution < -0.4 is 0 Å². The van der Waals surface area contributed by atoms with E-state index in [-0.39, 0.29) is 6.42 Å². The minimum Gasteiger partial charge on any atom is -0.481 e. The molecule has 3 heteroatoms. The molecule has 1 atom stereocenters. The third-order valence-electron chi connectivity index (χ3n) is 2.26. The summed E-state index contributed by atoms with van der Waals surface area (Å²) in [5, 5.41) is 17.8. The summed E-state index contributed by atoms with van der Waals surface area (Å²) in [6.45, 7) is 0. The van der Waals surface area contributed by atoms with Gasteiger partial charge in [-0.1, -0.05) is 30.3 Å². The molecule has 0 bridgehead atoms. The lowest BCUT2D eigenvalue weighted by Gasteiger charge is -2.07. The fourth-order valence-electron chi connectivity index (χ4n) is 1.49. The van der Waals surface area contributed by atoms with E-state index in [2.05, 4.69) is 0 Å². The molecule has 82 valence electrons. The minimum absolute atomic E-state index is 0.158. The summed E-state index contributed by atoms with van der Waals surface area (Å²) in [5.41, 5.74) is 1.22. The second-order valence-corrected chi connectivity index (χ2v) is 3.63. The van der Waals surface area contributed by atoms with Crippen LogP contribution in [0.3, 0.4) is 0 Å². The smallest absolute Gasteiger partial charge is 0.305 e. The Morgan fingerprint density at radius 1 is 1.27 bits per heavy atom. The van der Waals surface area contributed by atoms with Crippen LogP contribution in [0.1, 0.15) is 24.8 Å². The normalized spacial score (nSPS) is 12.3. The summed E-state index contributed by atoms with van der Waals surface area (Å²) in [7, 11) is 0. The summed E-state index contributed by atoms with van der Waals surface area (Å²) in [4.78, 5) is 10.3. The second kappa shape index (κ2) is 6.19. The molecular weight excluding hydrogens is 192 g/mol. The van der Waals surface area contributed by atoms with Crippen molar-refractivity contribution in [3.8, 4) is 0 Å². The van der Waals surface area contributed by atoms with Crippen molar-refractivity contribution in [1.29, 1.82) is 0 Å². The molecule has 15 heavy (non-hydrogen) atoms. The van der Waals surface area contributed by atoms with E-state index in [1.807, 2.05) is 30.3 Å². The Balaban J connectivity index is 2.19. The summed E-state index contributed by atoms with van der Waals surface area (Å²) < 4.78 is 0. The average Bonchev–Trinajstić information content (AvgIpc) is 2.18. The SMILES string of the molecule is O=C(O)CC(O)CCCc1ccccc1. The molecule has 0 spiro atoms. The van der Waals surface area contributed by atoms with Crippen molar-refractivity contribution >= 4 is 5.97 Å². The summed E-state index contributed by atoms with van der Waals surface area (Å²) in [5.74, 6) is -0.942. The number of aryl methyl sites for hydroxylation is 1. The molecule has 0 aromatic heterocycles. The number of rotatable bonds is 6. The molecule has 2 N–H and O–H groups in total. The van der Waals surface area contributed by atoms with E-state index in [1.165, 1.54) is 5.56 Å². The van der Waals surface area contributed by atoms with Gasteiger partial charge in [0, 0.05) is 0 Å². The van der Waals surface area contributed by atoms with E-state index in [9.17, 15) is 9.90 Å². The lowest BCUT2D eigenvalue weighted by atomic mass is 10.0. The first-order valence-corrected chi connectivity index (χ1v) is 5.12. The van der Waals surface area contributed by atoms with Crippen LogP contribution in [-0.2, 0) is 11.2 Å². The topological polar surface area (TPSA) is 57.5 Å². The van der Waals surface area contributed by atoms with E-state index in [1.54, 1.807) is 0 Å². The van der Waals surface area contributed by atoms with Gasteiger partial charge in [0.25, 0.3) is 0 Å². The van der Waals surface area contributed by atoms with Crippen LogP contribution in [0.25, 0.3) is 0 Å². The van der Waals surface area contributed by atoms with Gasteiger partial charge in [-0.05, 0) is 24.8 Å². The van der Waals surface area contributed by atoms with E-state index in [0.717, 1.165) is 12.8 Å². The first-order chi connectivity index (χ1) is 7.18. The monoisotopic (exact) mass is 208 g/mol. The van der Waals surface area contributed by atoms with E-state index in [0.29, 0.717) is 6.42 Å². The van der Waals surface area contributed by atoms with Crippen molar-refractivity contribution in [3.63, 3.8) is 0 Å². The summed E-state index contributed by atoms with van der Waals surface area (Å²) >= 11 is 0. The van der Waals surface area contributed by atoms with Gasteiger partial charge >= 0.3 is 5.97 Å². The number of aliphatic hydroxyl groups is 1. The maximum absolute atomic E-state index is 10.3. The highest BCUT2D eigenvalue weighted by Crippen LogP contribution is 2.08. The van der Waals surface area contributed by atoms with Crippen molar-refractivity contribution < 1.29 is 15.0 Å². The van der Waals surface area contributed by atoms with Crippen LogP contribution in [0, 0.1) is 0 Å². The Morgan fingerprint density at radius 2 is 1.93 bits per heavy atom. The minimum atomic E-state index is -0.942. The van der Waals surface area contributed by atoms with Crippen molar-refractivity contribution in [2.75, 3.05) is 0 Å². The highest BCUT2D eigenvalue weighted by molar-refractivity contribution is 5.67. The van der Waals surface area contributed by atoms with Crippen molar-refractivity contribution in [2.24, 2.45) is 0 Å². The van der Waals surface area contributed by atoms with Crippen LogP contribution in [0.4, 0.5) is 0 Å². The fraction of sp³-hybridized carbons (Fsp3) is 0.417. The number of hydrogen-bond acceptors (Lipinski definition) is 2. The molecule has 1 aromatic carbocycles. The molecule has 0 saturated heterocycles. The fourth-order valence-corrected chi connectivity index (χ4v) is 1.49. The number of carbonyl (C=O) groups is 1. The maximum atomic E-state index is 10.3. The third kappa shape index (κ3) is 5.18. The standard InChI is InChI=1S/C12H16O3/c13-11(9-12(14)15)8-4-7-10-5-2-1-3-6-10/h1-3,5-6,11,13H,4,7-9H2,(H,14,15). The van der Waals surface area contributed by atoms with Gasteiger partial charge in [0.1, 0.15) is 0 Å². The molecule has 1 aromatic rings. The number of carboxylic acids is 1. The van der Waals surface area contributed by atoms with Gasteiger partial charge in [0.15, 0.2) is 0 Å². The van der Waals surface area contributed by atoms with E-state index in [4.69, 9.17) is 5.11 Å². The Kier molecular flexibility index (Phi) is 4.84. The molecule has 0 fully saturated rings. The Labute approximate surface area is 89.4 Å². The van der Waals surface area contributed by atoms with Crippen LogP contribution >= 0.6 is 0 Å². The van der Waals surface area contributed by atoms with Gasteiger partial charge in [0.2, 0.25) is 0 Å². The molecule has 1 unspecified atom stereocenters. The first kappa shape index (κ1) is 11.7. The zero-order valence-electron chi connectivity index (χ0n) is 8.60. The van der Waals surface area contributed by atoms with Crippen LogP contribution in [0.15, 0.2) is 30.3 Å². The number of aliphatic carboxylic acids is 1. The van der Waals surface area contributed by atoms with Crippen LogP contribution in [-0.4, -0.2) is 22.3 Å². The predicted molar refractivity (Wildman–Crippen MR) is 57.6 cm³/mol. The highest BCUT2D eigenvalue weighted by Gasteiger charge is 2.08. The predicted octanol–water partition coefficient (Wildman–Crippen LogP) is 1.84. The largest absolute Gasteiger partial charge is 0.481 e. The Bertz CT molecular complexity index is 295. The van der Waals surface area contributed by atoms with Gasteiger partial charge in [-0.2, -0.15) is 0 Å². The number of aliphatic hydroxyl groups excluding tert-OH is 1. The maximum Gasteiger partial charge on any atom is 0.305 e. The molecule has 0 amide bonds. The zero-order chi connectivity index (χ0) is 11.1. The van der Waals surface area contributed by atoms with Gasteiger partial charge in [-0.3, -0.25) is 4.79 Å². The molecule has 0 saturated carbocycles. The number of benzene rings is 1. The first-order valence-electron chi connectivity index (χ1n) is 5.12. The quantitative estimate of drug-likeness (QED) is 0.750. The van der Waals surface area contributed by atoms with Gasteiger partial charge in [-0.25, -0.2) is 0 Å². The van der Waals surface area contributed by atoms with Gasteiger partial charge < -0.3 is 10.2 Å². The second-order valence-electron chi connectivity index (χ2n) is 3.63. The van der Waals surface area contributed by atoms with Crippen LogP contribution in [0.2, 0.25) is 0 Å². The van der Waals surface area contributed by atoms with E-state index >= 15 is 0 Å². The third-order valence-corrected chi connectivity index (χ3v) is 2.26. The molecule has 3 nitrogen and oxygen atoms in total. The van der Waals surface area contributed by atoms with Crippen molar-refractivity contribution in [1.82, 2.24) is 0 Å². The average molecular weight is 208 g/mol. The molecule has 0 aliphatic carbocycles. The highest BCUT2D eigenvalue weighted by atomic mass is 16.4. The van der Waals surface area contributed by atoms with Gasteiger partial charge in [0.05, 0.1) is 12.5 Å².